The fourth-order valence-electron chi connectivity index (χ4n) is 0.326. The van der Waals surface area contributed by atoms with Crippen LogP contribution in [0, 0.1) is 6.42 Å². The van der Waals surface area contributed by atoms with E-state index in [0.29, 0.717) is 0 Å². The Hall–Kier alpha value is -0.306. The summed E-state index contributed by atoms with van der Waals surface area (Å²) in [5, 5.41) is 7.42. The zero-order valence-corrected chi connectivity index (χ0v) is 11.6. The Kier molecular flexibility index (Phi) is 12.4. The third-order valence-electron chi connectivity index (χ3n) is 0.671. The maximum absolute atomic E-state index is 5.09. The average Bonchev–Trinajstić information content (AvgIpc) is 2.01. The third kappa shape index (κ3) is 14.2. The van der Waals surface area contributed by atoms with Gasteiger partial charge in [-0.25, -0.2) is 10.2 Å². The molecule has 0 atom stereocenters. The summed E-state index contributed by atoms with van der Waals surface area (Å²) in [6.45, 7) is 0. The molecule has 6 nitrogen and oxygen atoms in total. The van der Waals surface area contributed by atoms with Crippen molar-refractivity contribution in [1.29, 1.82) is 0 Å². The van der Waals surface area contributed by atoms with Crippen LogP contribution < -0.4 is 22.3 Å². The fourth-order valence-corrected chi connectivity index (χ4v) is 0.432. The molecule has 0 fully saturated rings. The first-order valence-corrected chi connectivity index (χ1v) is 3.93. The number of nitrogens with one attached hydrogen (secondary N) is 2. The minimum Gasteiger partial charge on any atom is -0.375 e. The molecule has 0 aromatic heterocycles. The van der Waals surface area contributed by atoms with Crippen LogP contribution in [0.1, 0.15) is 0 Å². The number of hydrogen-bond donors (Lipinski definition) is 4. The van der Waals surface area contributed by atoms with Gasteiger partial charge in [0, 0.05) is 32.7 Å². The smallest absolute Gasteiger partial charge is 0.184 e. The van der Waals surface area contributed by atoms with Gasteiger partial charge in [-0.05, 0) is 24.4 Å². The number of nitrogens with two attached hydrogens (primary N) is 2. The van der Waals surface area contributed by atoms with Crippen molar-refractivity contribution >= 4 is 47.1 Å². The molecular formula is C5H9N6S2Y-. The maximum atomic E-state index is 5.09. The van der Waals surface area contributed by atoms with E-state index in [2.05, 4.69) is 45.5 Å². The van der Waals surface area contributed by atoms with Gasteiger partial charge in [0.05, 0.1) is 0 Å². The van der Waals surface area contributed by atoms with Gasteiger partial charge < -0.3 is 17.9 Å². The van der Waals surface area contributed by atoms with Gasteiger partial charge in [0.2, 0.25) is 0 Å². The Balaban J connectivity index is 0. The number of rotatable bonds is 4. The third-order valence-corrected chi connectivity index (χ3v) is 0.853. The minimum absolute atomic E-state index is 0. The van der Waals surface area contributed by atoms with E-state index in [4.69, 9.17) is 11.5 Å². The van der Waals surface area contributed by atoms with Crippen LogP contribution in [-0.4, -0.2) is 22.7 Å². The van der Waals surface area contributed by atoms with Gasteiger partial charge in [-0.2, -0.15) is 0 Å². The molecule has 0 aliphatic rings. The zero-order chi connectivity index (χ0) is 10.1. The molecule has 0 aliphatic carbocycles. The van der Waals surface area contributed by atoms with E-state index in [1.165, 1.54) is 18.9 Å². The maximum Gasteiger partial charge on any atom is 0.184 e. The first-order chi connectivity index (χ1) is 6.13. The molecule has 0 heterocycles. The van der Waals surface area contributed by atoms with Crippen molar-refractivity contribution < 1.29 is 32.7 Å². The van der Waals surface area contributed by atoms with Gasteiger partial charge in [0.1, 0.15) is 0 Å². The SMILES string of the molecule is NC(=S)NN=C[CH-]C=NNC(N)=S.[Y]. The minimum atomic E-state index is 0. The predicted octanol–water partition coefficient (Wildman–Crippen LogP) is -1.17. The molecular weight excluding hydrogens is 297 g/mol. The molecule has 0 aromatic rings. The largest absolute Gasteiger partial charge is 0.375 e. The number of nitrogens with zero attached hydrogens (tertiary/aromatic N) is 2. The second-order valence-corrected chi connectivity index (χ2v) is 2.58. The van der Waals surface area contributed by atoms with Crippen LogP contribution in [0.25, 0.3) is 0 Å². The monoisotopic (exact) mass is 306 g/mol. The molecule has 0 bridgehead atoms. The summed E-state index contributed by atoms with van der Waals surface area (Å²) in [5.74, 6) is 0. The summed E-state index contributed by atoms with van der Waals surface area (Å²) < 4.78 is 0. The Bertz CT molecular complexity index is 216. The van der Waals surface area contributed by atoms with E-state index < -0.39 is 0 Å². The fraction of sp³-hybridized carbons (Fsp3) is 0. The van der Waals surface area contributed by atoms with Crippen LogP contribution in [0.15, 0.2) is 10.2 Å². The molecule has 0 amide bonds. The molecule has 9 heteroatoms. The van der Waals surface area contributed by atoms with E-state index >= 15 is 0 Å². The van der Waals surface area contributed by atoms with Crippen LogP contribution in [0.2, 0.25) is 0 Å². The standard InChI is InChI=1S/C5H9N6S2.Y/c6-4(12)10-8-2-1-3-9-11-5(7)13;/h1-3H,(H3,6,10,12)(H3,7,11,13);/q-1;. The van der Waals surface area contributed by atoms with E-state index in [0.717, 1.165) is 0 Å². The van der Waals surface area contributed by atoms with Crippen molar-refractivity contribution in [1.82, 2.24) is 10.9 Å². The summed E-state index contributed by atoms with van der Waals surface area (Å²) >= 11 is 8.98. The zero-order valence-electron chi connectivity index (χ0n) is 7.18. The number of hydrogen-bond acceptors (Lipinski definition) is 4. The van der Waals surface area contributed by atoms with E-state index in [9.17, 15) is 0 Å². The molecule has 0 aromatic carbocycles. The van der Waals surface area contributed by atoms with Crippen molar-refractivity contribution in [2.45, 2.75) is 0 Å². The average molecular weight is 306 g/mol. The Morgan fingerprint density at radius 3 is 1.71 bits per heavy atom. The summed E-state index contributed by atoms with van der Waals surface area (Å²) in [5.41, 5.74) is 14.9. The van der Waals surface area contributed by atoms with Gasteiger partial charge in [0.25, 0.3) is 0 Å². The second kappa shape index (κ2) is 10.8. The van der Waals surface area contributed by atoms with E-state index in [1.807, 2.05) is 0 Å². The normalized spacial score (nSPS) is 9.43. The Labute approximate surface area is 118 Å². The summed E-state index contributed by atoms with van der Waals surface area (Å²) in [7, 11) is 0. The van der Waals surface area contributed by atoms with E-state index in [-0.39, 0.29) is 42.9 Å². The molecule has 75 valence electrons. The molecule has 0 spiro atoms. The second-order valence-electron chi connectivity index (χ2n) is 1.70. The molecule has 0 rings (SSSR count). The van der Waals surface area contributed by atoms with Crippen molar-refractivity contribution in [2.75, 3.05) is 0 Å². The van der Waals surface area contributed by atoms with Gasteiger partial charge >= 0.3 is 0 Å². The van der Waals surface area contributed by atoms with Crippen LogP contribution in [0.5, 0.6) is 0 Å². The molecule has 6 N–H and O–H groups in total. The van der Waals surface area contributed by atoms with Crippen LogP contribution in [0.3, 0.4) is 0 Å². The molecule has 0 aliphatic heterocycles. The number of hydrazone groups is 2. The van der Waals surface area contributed by atoms with E-state index in [1.54, 1.807) is 0 Å². The van der Waals surface area contributed by atoms with Crippen LogP contribution >= 0.6 is 24.4 Å². The quantitative estimate of drug-likeness (QED) is 0.226. The van der Waals surface area contributed by atoms with Crippen molar-refractivity contribution in [3.05, 3.63) is 6.42 Å². The van der Waals surface area contributed by atoms with Gasteiger partial charge in [0.15, 0.2) is 10.2 Å². The summed E-state index contributed by atoms with van der Waals surface area (Å²) in [4.78, 5) is 0. The van der Waals surface area contributed by atoms with Crippen LogP contribution in [0.4, 0.5) is 0 Å². The van der Waals surface area contributed by atoms with Crippen molar-refractivity contribution in [3.63, 3.8) is 0 Å². The summed E-state index contributed by atoms with van der Waals surface area (Å²) in [6, 6.07) is 0. The summed E-state index contributed by atoms with van der Waals surface area (Å²) in [6.07, 6.45) is 4.38. The van der Waals surface area contributed by atoms with Crippen molar-refractivity contribution in [3.8, 4) is 0 Å². The Morgan fingerprint density at radius 2 is 1.43 bits per heavy atom. The molecule has 0 unspecified atom stereocenters. The molecule has 0 saturated carbocycles. The van der Waals surface area contributed by atoms with Crippen LogP contribution in [-0.2, 0) is 32.7 Å². The van der Waals surface area contributed by atoms with Gasteiger partial charge in [-0.3, -0.25) is 10.9 Å². The predicted molar refractivity (Wildman–Crippen MR) is 61.1 cm³/mol. The topological polar surface area (TPSA) is 101 Å². The molecule has 1 radical (unpaired) electrons. The Morgan fingerprint density at radius 1 is 1.07 bits per heavy atom. The van der Waals surface area contributed by atoms with Gasteiger partial charge in [-0.15, -0.1) is 12.4 Å². The number of thiocarbonyl (C=S) groups is 2. The van der Waals surface area contributed by atoms with Crippen molar-refractivity contribution in [2.24, 2.45) is 21.7 Å². The molecule has 14 heavy (non-hydrogen) atoms. The van der Waals surface area contributed by atoms with Gasteiger partial charge in [-0.1, -0.05) is 0 Å². The first kappa shape index (κ1) is 16.1. The first-order valence-electron chi connectivity index (χ1n) is 3.12. The molecule has 0 saturated heterocycles.